The highest BCUT2D eigenvalue weighted by Gasteiger charge is 2.33. The summed E-state index contributed by atoms with van der Waals surface area (Å²) in [5, 5.41) is 0. The molecule has 0 fully saturated rings. The predicted octanol–water partition coefficient (Wildman–Crippen LogP) is 3.58. The Labute approximate surface area is 76.5 Å². The molecule has 0 amide bonds. The molecular weight excluding hydrogens is 233 g/mol. The van der Waals surface area contributed by atoms with Gasteiger partial charge in [-0.1, -0.05) is 6.07 Å². The fourth-order valence-corrected chi connectivity index (χ4v) is 1.25. The van der Waals surface area contributed by atoms with Gasteiger partial charge >= 0.3 is 6.18 Å². The third kappa shape index (κ3) is 1.80. The molecule has 0 atom stereocenters. The molecule has 0 aliphatic rings. The summed E-state index contributed by atoms with van der Waals surface area (Å²) >= 11 is 2.88. The summed E-state index contributed by atoms with van der Waals surface area (Å²) < 4.78 is 36.6. The van der Waals surface area contributed by atoms with Crippen molar-refractivity contribution in [3.05, 3.63) is 33.8 Å². The van der Waals surface area contributed by atoms with Gasteiger partial charge in [-0.2, -0.15) is 13.2 Å². The van der Waals surface area contributed by atoms with E-state index in [2.05, 4.69) is 22.0 Å². The maximum absolute atomic E-state index is 12.2. The zero-order valence-corrected chi connectivity index (χ0v) is 7.75. The van der Waals surface area contributed by atoms with E-state index in [0.29, 0.717) is 5.56 Å². The van der Waals surface area contributed by atoms with Gasteiger partial charge in [-0.15, -0.1) is 0 Å². The van der Waals surface area contributed by atoms with Gasteiger partial charge < -0.3 is 0 Å². The van der Waals surface area contributed by atoms with Gasteiger partial charge in [0.15, 0.2) is 0 Å². The molecule has 1 rings (SSSR count). The van der Waals surface area contributed by atoms with Gasteiger partial charge in [0.05, 0.1) is 5.56 Å². The fourth-order valence-electron chi connectivity index (χ4n) is 0.795. The first-order valence-corrected chi connectivity index (χ1v) is 3.95. The molecule has 0 spiro atoms. The summed E-state index contributed by atoms with van der Waals surface area (Å²) in [5.41, 5.74) is -0.146. The lowest BCUT2D eigenvalue weighted by Crippen LogP contribution is -2.06. The molecule has 0 aliphatic carbocycles. The maximum Gasteiger partial charge on any atom is 0.417 e. The van der Waals surface area contributed by atoms with Crippen molar-refractivity contribution < 1.29 is 13.2 Å². The normalized spacial score (nSPS) is 11.8. The second-order valence-corrected chi connectivity index (χ2v) is 3.16. The number of halogens is 4. The summed E-state index contributed by atoms with van der Waals surface area (Å²) in [5.74, 6) is 0. The van der Waals surface area contributed by atoms with Gasteiger partial charge in [-0.25, -0.2) is 0 Å². The first-order valence-electron chi connectivity index (χ1n) is 3.16. The molecule has 1 aromatic carbocycles. The molecule has 0 nitrogen and oxygen atoms in total. The summed E-state index contributed by atoms with van der Waals surface area (Å²) in [4.78, 5) is 0. The van der Waals surface area contributed by atoms with Crippen molar-refractivity contribution in [3.63, 3.8) is 0 Å². The SMILES string of the molecule is Cc1c[c]cc(C(F)(F)F)c1Br. The Bertz CT molecular complexity index is 291. The van der Waals surface area contributed by atoms with Crippen LogP contribution in [0.15, 0.2) is 16.6 Å². The summed E-state index contributed by atoms with van der Waals surface area (Å²) in [7, 11) is 0. The van der Waals surface area contributed by atoms with Gasteiger partial charge in [0, 0.05) is 4.47 Å². The molecule has 0 heterocycles. The second kappa shape index (κ2) is 3.09. The van der Waals surface area contributed by atoms with E-state index in [4.69, 9.17) is 0 Å². The van der Waals surface area contributed by atoms with Crippen LogP contribution < -0.4 is 0 Å². The fraction of sp³-hybridized carbons (Fsp3) is 0.250. The van der Waals surface area contributed by atoms with Crippen LogP contribution >= 0.6 is 15.9 Å². The highest BCUT2D eigenvalue weighted by molar-refractivity contribution is 9.10. The average Bonchev–Trinajstić information content (AvgIpc) is 1.92. The molecule has 65 valence electrons. The molecule has 0 aromatic heterocycles. The van der Waals surface area contributed by atoms with Crippen LogP contribution in [-0.4, -0.2) is 0 Å². The number of aryl methyl sites for hydroxylation is 1. The van der Waals surface area contributed by atoms with Crippen molar-refractivity contribution in [3.8, 4) is 0 Å². The van der Waals surface area contributed by atoms with Crippen LogP contribution in [0.4, 0.5) is 13.2 Å². The van der Waals surface area contributed by atoms with Gasteiger partial charge in [-0.05, 0) is 40.5 Å². The first-order chi connectivity index (χ1) is 5.43. The molecule has 0 saturated heterocycles. The summed E-state index contributed by atoms with van der Waals surface area (Å²) in [6, 6.07) is 4.85. The van der Waals surface area contributed by atoms with Crippen molar-refractivity contribution in [1.82, 2.24) is 0 Å². The van der Waals surface area contributed by atoms with Crippen molar-refractivity contribution in [2.45, 2.75) is 13.1 Å². The van der Waals surface area contributed by atoms with E-state index in [1.807, 2.05) is 0 Å². The van der Waals surface area contributed by atoms with E-state index < -0.39 is 11.7 Å². The van der Waals surface area contributed by atoms with Crippen LogP contribution in [0.2, 0.25) is 0 Å². The minimum atomic E-state index is -4.30. The van der Waals surface area contributed by atoms with E-state index >= 15 is 0 Å². The van der Waals surface area contributed by atoms with Crippen LogP contribution in [0.3, 0.4) is 0 Å². The topological polar surface area (TPSA) is 0 Å². The Kier molecular flexibility index (Phi) is 2.46. The van der Waals surface area contributed by atoms with Gasteiger partial charge in [0.1, 0.15) is 0 Å². The van der Waals surface area contributed by atoms with Gasteiger partial charge in [-0.3, -0.25) is 0 Å². The second-order valence-electron chi connectivity index (χ2n) is 2.36. The Morgan fingerprint density at radius 2 is 1.92 bits per heavy atom. The minimum absolute atomic E-state index is 0.0914. The Balaban J connectivity index is 3.26. The smallest absolute Gasteiger partial charge is 0.166 e. The van der Waals surface area contributed by atoms with Crippen molar-refractivity contribution in [2.24, 2.45) is 0 Å². The lowest BCUT2D eigenvalue weighted by molar-refractivity contribution is -0.138. The van der Waals surface area contributed by atoms with Gasteiger partial charge in [0.25, 0.3) is 0 Å². The summed E-state index contributed by atoms with van der Waals surface area (Å²) in [6.45, 7) is 1.59. The number of hydrogen-bond acceptors (Lipinski definition) is 0. The lowest BCUT2D eigenvalue weighted by atomic mass is 10.1. The largest absolute Gasteiger partial charge is 0.417 e. The Morgan fingerprint density at radius 1 is 1.33 bits per heavy atom. The third-order valence-electron chi connectivity index (χ3n) is 1.42. The molecule has 0 bridgehead atoms. The standard InChI is InChI=1S/C8H5BrF3/c1-5-3-2-4-6(7(5)9)8(10,11)12/h3-4H,1H3. The average molecular weight is 238 g/mol. The molecule has 0 saturated carbocycles. The molecule has 0 N–H and O–H groups in total. The lowest BCUT2D eigenvalue weighted by Gasteiger charge is -2.09. The zero-order chi connectivity index (χ0) is 9.35. The van der Waals surface area contributed by atoms with E-state index in [9.17, 15) is 13.2 Å². The van der Waals surface area contributed by atoms with Crippen molar-refractivity contribution >= 4 is 15.9 Å². The van der Waals surface area contributed by atoms with Crippen molar-refractivity contribution in [1.29, 1.82) is 0 Å². The first kappa shape index (κ1) is 9.58. The number of rotatable bonds is 0. The highest BCUT2D eigenvalue weighted by Crippen LogP contribution is 2.35. The Morgan fingerprint density at radius 3 is 2.33 bits per heavy atom. The number of benzene rings is 1. The number of hydrogen-bond donors (Lipinski definition) is 0. The zero-order valence-electron chi connectivity index (χ0n) is 6.17. The molecule has 12 heavy (non-hydrogen) atoms. The van der Waals surface area contributed by atoms with E-state index in [-0.39, 0.29) is 4.47 Å². The van der Waals surface area contributed by atoms with Crippen LogP contribution in [0.1, 0.15) is 11.1 Å². The molecular formula is C8H5BrF3. The quantitative estimate of drug-likeness (QED) is 0.648. The van der Waals surface area contributed by atoms with Crippen LogP contribution in [0, 0.1) is 13.0 Å². The molecule has 1 aromatic rings. The van der Waals surface area contributed by atoms with Gasteiger partial charge in [0.2, 0.25) is 0 Å². The van der Waals surface area contributed by atoms with Crippen LogP contribution in [0.25, 0.3) is 0 Å². The van der Waals surface area contributed by atoms with E-state index in [0.717, 1.165) is 6.07 Å². The Hall–Kier alpha value is -0.510. The molecule has 0 aliphatic heterocycles. The van der Waals surface area contributed by atoms with E-state index in [1.165, 1.54) is 6.07 Å². The monoisotopic (exact) mass is 237 g/mol. The minimum Gasteiger partial charge on any atom is -0.166 e. The van der Waals surface area contributed by atoms with Crippen molar-refractivity contribution in [2.75, 3.05) is 0 Å². The third-order valence-corrected chi connectivity index (χ3v) is 2.47. The molecule has 1 radical (unpaired) electrons. The van der Waals surface area contributed by atoms with E-state index in [1.54, 1.807) is 6.92 Å². The maximum atomic E-state index is 12.2. The highest BCUT2D eigenvalue weighted by atomic mass is 79.9. The molecule has 4 heteroatoms. The number of alkyl halides is 3. The van der Waals surface area contributed by atoms with Crippen LogP contribution in [-0.2, 0) is 6.18 Å². The van der Waals surface area contributed by atoms with Crippen LogP contribution in [0.5, 0.6) is 0 Å². The summed E-state index contributed by atoms with van der Waals surface area (Å²) in [6.07, 6.45) is -4.30. The molecule has 0 unspecified atom stereocenters. The predicted molar refractivity (Wildman–Crippen MR) is 42.7 cm³/mol.